The number of benzene rings is 1. The molecular weight excluding hydrogens is 202 g/mol. The first-order valence-corrected chi connectivity index (χ1v) is 5.56. The lowest BCUT2D eigenvalue weighted by Gasteiger charge is -2.20. The first-order chi connectivity index (χ1) is 7.58. The number of hydrogen-bond acceptors (Lipinski definition) is 3. The highest BCUT2D eigenvalue weighted by atomic mass is 16.5. The summed E-state index contributed by atoms with van der Waals surface area (Å²) in [6.45, 7) is 6.39. The van der Waals surface area contributed by atoms with Gasteiger partial charge in [0.25, 0.3) is 0 Å². The molecule has 1 aromatic rings. The van der Waals surface area contributed by atoms with Crippen LogP contribution in [0.4, 0.5) is 0 Å². The number of rotatable bonds is 5. The molecule has 1 aromatic carbocycles. The summed E-state index contributed by atoms with van der Waals surface area (Å²) < 4.78 is 10.5. The molecule has 0 aromatic heterocycles. The molecule has 0 heterocycles. The van der Waals surface area contributed by atoms with Crippen LogP contribution in [-0.4, -0.2) is 20.3 Å². The Balaban J connectivity index is 2.94. The Morgan fingerprint density at radius 1 is 1.06 bits per heavy atom. The average molecular weight is 223 g/mol. The minimum atomic E-state index is 0.265. The van der Waals surface area contributed by atoms with E-state index >= 15 is 0 Å². The molecule has 0 saturated heterocycles. The Labute approximate surface area is 97.8 Å². The van der Waals surface area contributed by atoms with Crippen LogP contribution in [0.2, 0.25) is 0 Å². The van der Waals surface area contributed by atoms with Crippen LogP contribution in [0, 0.1) is 0 Å². The van der Waals surface area contributed by atoms with E-state index in [-0.39, 0.29) is 6.04 Å². The first-order valence-electron chi connectivity index (χ1n) is 5.56. The number of methoxy groups -OCH3 is 2. The monoisotopic (exact) mass is 223 g/mol. The second-order valence-electron chi connectivity index (χ2n) is 4.15. The minimum absolute atomic E-state index is 0.265. The summed E-state index contributed by atoms with van der Waals surface area (Å²) in [5.41, 5.74) is 1.15. The summed E-state index contributed by atoms with van der Waals surface area (Å²) in [6, 6.07) is 6.62. The zero-order valence-corrected chi connectivity index (χ0v) is 10.7. The van der Waals surface area contributed by atoms with E-state index in [0.29, 0.717) is 6.04 Å². The molecule has 0 bridgehead atoms. The molecule has 1 N–H and O–H groups in total. The van der Waals surface area contributed by atoms with E-state index < -0.39 is 0 Å². The molecular formula is C13H21NO2. The van der Waals surface area contributed by atoms with Crippen molar-refractivity contribution in [3.8, 4) is 11.5 Å². The summed E-state index contributed by atoms with van der Waals surface area (Å²) in [5.74, 6) is 1.68. The highest BCUT2D eigenvalue weighted by Crippen LogP contribution is 2.29. The third-order valence-corrected chi connectivity index (χ3v) is 2.49. The normalized spacial score (nSPS) is 12.6. The lowest BCUT2D eigenvalue weighted by molar-refractivity contribution is 0.383. The fourth-order valence-corrected chi connectivity index (χ4v) is 1.77. The molecule has 0 saturated carbocycles. The van der Waals surface area contributed by atoms with E-state index in [0.717, 1.165) is 17.1 Å². The van der Waals surface area contributed by atoms with Crippen LogP contribution in [0.5, 0.6) is 11.5 Å². The van der Waals surface area contributed by atoms with E-state index in [2.05, 4.69) is 26.1 Å². The Kier molecular flexibility index (Phi) is 4.62. The Bertz CT molecular complexity index is 337. The average Bonchev–Trinajstić information content (AvgIpc) is 2.27. The number of nitrogens with one attached hydrogen (secondary N) is 1. The van der Waals surface area contributed by atoms with Crippen molar-refractivity contribution in [1.29, 1.82) is 0 Å². The summed E-state index contributed by atoms with van der Waals surface area (Å²) in [5, 5.41) is 3.45. The second kappa shape index (κ2) is 5.75. The predicted octanol–water partition coefficient (Wildman–Crippen LogP) is 2.76. The maximum atomic E-state index is 5.37. The van der Waals surface area contributed by atoms with Crippen LogP contribution < -0.4 is 14.8 Å². The lowest BCUT2D eigenvalue weighted by atomic mass is 10.1. The van der Waals surface area contributed by atoms with Crippen LogP contribution in [-0.2, 0) is 0 Å². The van der Waals surface area contributed by atoms with Gasteiger partial charge in [-0.25, -0.2) is 0 Å². The van der Waals surface area contributed by atoms with Crippen LogP contribution in [0.1, 0.15) is 32.4 Å². The van der Waals surface area contributed by atoms with Crippen molar-refractivity contribution in [3.05, 3.63) is 23.8 Å². The summed E-state index contributed by atoms with van der Waals surface area (Å²) >= 11 is 0. The molecule has 3 nitrogen and oxygen atoms in total. The second-order valence-corrected chi connectivity index (χ2v) is 4.15. The van der Waals surface area contributed by atoms with Gasteiger partial charge in [-0.1, -0.05) is 19.9 Å². The lowest BCUT2D eigenvalue weighted by Crippen LogP contribution is -2.26. The van der Waals surface area contributed by atoms with Crippen LogP contribution in [0.25, 0.3) is 0 Å². The highest BCUT2D eigenvalue weighted by Gasteiger charge is 2.12. The number of ether oxygens (including phenoxy) is 2. The zero-order chi connectivity index (χ0) is 12.1. The van der Waals surface area contributed by atoms with Crippen LogP contribution in [0.15, 0.2) is 18.2 Å². The van der Waals surface area contributed by atoms with E-state index in [9.17, 15) is 0 Å². The van der Waals surface area contributed by atoms with Gasteiger partial charge in [0, 0.05) is 23.7 Å². The molecule has 1 atom stereocenters. The molecule has 3 heteroatoms. The molecule has 1 rings (SSSR count). The summed E-state index contributed by atoms with van der Waals surface area (Å²) in [6.07, 6.45) is 0. The Hall–Kier alpha value is -1.22. The van der Waals surface area contributed by atoms with Gasteiger partial charge in [0.15, 0.2) is 0 Å². The fraction of sp³-hybridized carbons (Fsp3) is 0.538. The molecule has 0 aliphatic heterocycles. The van der Waals surface area contributed by atoms with E-state index in [1.165, 1.54) is 0 Å². The van der Waals surface area contributed by atoms with Gasteiger partial charge in [0.1, 0.15) is 11.5 Å². The molecule has 1 unspecified atom stereocenters. The molecule has 0 aliphatic carbocycles. The van der Waals surface area contributed by atoms with Gasteiger partial charge in [-0.2, -0.15) is 0 Å². The van der Waals surface area contributed by atoms with Gasteiger partial charge >= 0.3 is 0 Å². The molecule has 0 aliphatic rings. The van der Waals surface area contributed by atoms with E-state index in [4.69, 9.17) is 9.47 Å². The topological polar surface area (TPSA) is 30.5 Å². The van der Waals surface area contributed by atoms with Gasteiger partial charge in [0.05, 0.1) is 14.2 Å². The van der Waals surface area contributed by atoms with Crippen LogP contribution in [0.3, 0.4) is 0 Å². The third-order valence-electron chi connectivity index (χ3n) is 2.49. The van der Waals surface area contributed by atoms with Gasteiger partial charge in [-0.15, -0.1) is 0 Å². The van der Waals surface area contributed by atoms with Gasteiger partial charge in [-0.05, 0) is 13.0 Å². The van der Waals surface area contributed by atoms with Crippen molar-refractivity contribution >= 4 is 0 Å². The fourth-order valence-electron chi connectivity index (χ4n) is 1.77. The Morgan fingerprint density at radius 3 is 2.25 bits per heavy atom. The van der Waals surface area contributed by atoms with Crippen molar-refractivity contribution in [2.75, 3.05) is 14.2 Å². The summed E-state index contributed by atoms with van der Waals surface area (Å²) in [4.78, 5) is 0. The van der Waals surface area contributed by atoms with Crippen molar-refractivity contribution < 1.29 is 9.47 Å². The molecule has 0 radical (unpaired) electrons. The predicted molar refractivity (Wildman–Crippen MR) is 66.2 cm³/mol. The first kappa shape index (κ1) is 12.8. The highest BCUT2D eigenvalue weighted by molar-refractivity contribution is 5.42. The maximum absolute atomic E-state index is 5.37. The van der Waals surface area contributed by atoms with E-state index in [1.54, 1.807) is 14.2 Å². The standard InChI is InChI=1S/C13H21NO2/c1-9(2)14-10(3)12-7-6-11(15-4)8-13(12)16-5/h6-10,14H,1-5H3. The van der Waals surface area contributed by atoms with Crippen molar-refractivity contribution in [2.45, 2.75) is 32.9 Å². The van der Waals surface area contributed by atoms with Crippen LogP contribution >= 0.6 is 0 Å². The largest absolute Gasteiger partial charge is 0.497 e. The molecule has 0 spiro atoms. The van der Waals surface area contributed by atoms with Gasteiger partial charge in [0.2, 0.25) is 0 Å². The quantitative estimate of drug-likeness (QED) is 0.832. The van der Waals surface area contributed by atoms with Crippen molar-refractivity contribution in [3.63, 3.8) is 0 Å². The summed E-state index contributed by atoms with van der Waals surface area (Å²) in [7, 11) is 3.34. The SMILES string of the molecule is COc1ccc(C(C)NC(C)C)c(OC)c1. The molecule has 90 valence electrons. The maximum Gasteiger partial charge on any atom is 0.127 e. The van der Waals surface area contributed by atoms with Gasteiger partial charge in [-0.3, -0.25) is 0 Å². The number of hydrogen-bond donors (Lipinski definition) is 1. The minimum Gasteiger partial charge on any atom is -0.497 e. The molecule has 0 amide bonds. The van der Waals surface area contributed by atoms with Crippen molar-refractivity contribution in [2.24, 2.45) is 0 Å². The zero-order valence-electron chi connectivity index (χ0n) is 10.7. The molecule has 16 heavy (non-hydrogen) atoms. The smallest absolute Gasteiger partial charge is 0.127 e. The van der Waals surface area contributed by atoms with E-state index in [1.807, 2.05) is 18.2 Å². The Morgan fingerprint density at radius 2 is 1.75 bits per heavy atom. The van der Waals surface area contributed by atoms with Crippen molar-refractivity contribution in [1.82, 2.24) is 5.32 Å². The van der Waals surface area contributed by atoms with Gasteiger partial charge < -0.3 is 14.8 Å². The molecule has 0 fully saturated rings. The third kappa shape index (κ3) is 3.14.